The van der Waals surface area contributed by atoms with Crippen molar-refractivity contribution in [1.82, 2.24) is 10.3 Å². The molecule has 1 aliphatic heterocycles. The zero-order valence-electron chi connectivity index (χ0n) is 7.46. The molecule has 1 fully saturated rings. The minimum absolute atomic E-state index is 0.365. The number of hydrogen-bond acceptors (Lipinski definition) is 2. The molecule has 70 valence electrons. The van der Waals surface area contributed by atoms with Crippen molar-refractivity contribution in [1.29, 1.82) is 0 Å². The molecule has 2 nitrogen and oxygen atoms in total. The maximum absolute atomic E-state index is 12.8. The quantitative estimate of drug-likeness (QED) is 0.665. The summed E-state index contributed by atoms with van der Waals surface area (Å²) in [5.74, 6) is 0.0768. The van der Waals surface area contributed by atoms with Crippen LogP contribution in [0.15, 0.2) is 18.2 Å². The fourth-order valence-electron chi connectivity index (χ4n) is 1.77. The molecule has 0 atom stereocenters. The monoisotopic (exact) mass is 180 g/mol. The molecule has 0 aliphatic carbocycles. The van der Waals surface area contributed by atoms with Crippen molar-refractivity contribution in [3.63, 3.8) is 0 Å². The molecule has 0 bridgehead atoms. The summed E-state index contributed by atoms with van der Waals surface area (Å²) in [6.07, 6.45) is 2.13. The van der Waals surface area contributed by atoms with E-state index in [2.05, 4.69) is 10.3 Å². The first kappa shape index (κ1) is 8.63. The van der Waals surface area contributed by atoms with Crippen LogP contribution in [0.2, 0.25) is 0 Å². The molecule has 1 saturated heterocycles. The average molecular weight is 180 g/mol. The van der Waals surface area contributed by atoms with Gasteiger partial charge in [-0.05, 0) is 38.1 Å². The number of piperidine rings is 1. The Labute approximate surface area is 77.2 Å². The van der Waals surface area contributed by atoms with E-state index in [4.69, 9.17) is 0 Å². The number of nitrogens with zero attached hydrogens (tertiary/aromatic N) is 1. The second kappa shape index (κ2) is 3.83. The predicted octanol–water partition coefficient (Wildman–Crippen LogP) is 1.69. The minimum Gasteiger partial charge on any atom is -0.317 e. The molecule has 1 N–H and O–H groups in total. The third kappa shape index (κ3) is 2.04. The number of rotatable bonds is 1. The van der Waals surface area contributed by atoms with E-state index in [-0.39, 0.29) is 5.95 Å². The van der Waals surface area contributed by atoms with Crippen molar-refractivity contribution in [3.8, 4) is 0 Å². The number of aromatic nitrogens is 1. The summed E-state index contributed by atoms with van der Waals surface area (Å²) in [5.41, 5.74) is 0.904. The zero-order valence-corrected chi connectivity index (χ0v) is 7.46. The third-order valence-electron chi connectivity index (χ3n) is 2.49. The molecule has 0 saturated carbocycles. The highest BCUT2D eigenvalue weighted by molar-refractivity contribution is 5.11. The third-order valence-corrected chi connectivity index (χ3v) is 2.49. The van der Waals surface area contributed by atoms with Gasteiger partial charge in [-0.3, -0.25) is 0 Å². The normalized spacial score (nSPS) is 18.8. The number of pyridine rings is 1. The van der Waals surface area contributed by atoms with Crippen LogP contribution in [0.5, 0.6) is 0 Å². The summed E-state index contributed by atoms with van der Waals surface area (Å²) >= 11 is 0. The van der Waals surface area contributed by atoms with Crippen LogP contribution in [0.1, 0.15) is 24.5 Å². The van der Waals surface area contributed by atoms with Crippen LogP contribution in [0.25, 0.3) is 0 Å². The van der Waals surface area contributed by atoms with E-state index in [1.165, 1.54) is 6.07 Å². The van der Waals surface area contributed by atoms with Crippen LogP contribution < -0.4 is 5.32 Å². The molecule has 0 unspecified atom stereocenters. The topological polar surface area (TPSA) is 24.9 Å². The molecule has 1 aromatic heterocycles. The van der Waals surface area contributed by atoms with Gasteiger partial charge in [0.2, 0.25) is 5.95 Å². The lowest BCUT2D eigenvalue weighted by atomic mass is 9.94. The average Bonchev–Trinajstić information content (AvgIpc) is 2.19. The van der Waals surface area contributed by atoms with Gasteiger partial charge in [0.1, 0.15) is 0 Å². The molecule has 0 spiro atoms. The number of halogens is 1. The van der Waals surface area contributed by atoms with Gasteiger partial charge in [-0.15, -0.1) is 0 Å². The van der Waals surface area contributed by atoms with E-state index in [0.717, 1.165) is 31.6 Å². The van der Waals surface area contributed by atoms with Crippen LogP contribution >= 0.6 is 0 Å². The summed E-state index contributed by atoms with van der Waals surface area (Å²) in [5, 5.41) is 3.28. The Morgan fingerprint density at radius 3 is 2.77 bits per heavy atom. The van der Waals surface area contributed by atoms with Gasteiger partial charge in [-0.1, -0.05) is 6.07 Å². The first-order valence-electron chi connectivity index (χ1n) is 4.69. The first-order chi connectivity index (χ1) is 6.36. The Morgan fingerprint density at radius 1 is 1.31 bits per heavy atom. The smallest absolute Gasteiger partial charge is 0.213 e. The lowest BCUT2D eigenvalue weighted by Crippen LogP contribution is -2.27. The Kier molecular flexibility index (Phi) is 2.54. The van der Waals surface area contributed by atoms with Crippen LogP contribution in [0.3, 0.4) is 0 Å². The SMILES string of the molecule is Fc1cccc(C2CCNCC2)n1. The van der Waals surface area contributed by atoms with E-state index in [9.17, 15) is 4.39 Å². The van der Waals surface area contributed by atoms with Crippen LogP contribution in [-0.2, 0) is 0 Å². The Hall–Kier alpha value is -0.960. The first-order valence-corrected chi connectivity index (χ1v) is 4.69. The Bertz CT molecular complexity index is 282. The van der Waals surface area contributed by atoms with Crippen LogP contribution in [0, 0.1) is 5.95 Å². The molecule has 3 heteroatoms. The summed E-state index contributed by atoms with van der Waals surface area (Å²) in [7, 11) is 0. The predicted molar refractivity (Wildman–Crippen MR) is 49.0 cm³/mol. The lowest BCUT2D eigenvalue weighted by Gasteiger charge is -2.21. The van der Waals surface area contributed by atoms with Gasteiger partial charge in [0, 0.05) is 11.6 Å². The van der Waals surface area contributed by atoms with Gasteiger partial charge in [0.05, 0.1) is 0 Å². The largest absolute Gasteiger partial charge is 0.317 e. The standard InChI is InChI=1S/C10H13FN2/c11-10-3-1-2-9(13-10)8-4-6-12-7-5-8/h1-3,8,12H,4-7H2. The van der Waals surface area contributed by atoms with Crippen molar-refractivity contribution in [2.75, 3.05) is 13.1 Å². The van der Waals surface area contributed by atoms with E-state index in [1.807, 2.05) is 6.07 Å². The molecule has 2 heterocycles. The second-order valence-corrected chi connectivity index (χ2v) is 3.41. The highest BCUT2D eigenvalue weighted by Crippen LogP contribution is 2.22. The van der Waals surface area contributed by atoms with E-state index in [1.54, 1.807) is 6.07 Å². The van der Waals surface area contributed by atoms with Crippen molar-refractivity contribution in [3.05, 3.63) is 29.8 Å². The minimum atomic E-state index is -0.365. The van der Waals surface area contributed by atoms with Gasteiger partial charge in [0.25, 0.3) is 0 Å². The van der Waals surface area contributed by atoms with E-state index < -0.39 is 0 Å². The maximum atomic E-state index is 12.8. The van der Waals surface area contributed by atoms with Gasteiger partial charge in [-0.2, -0.15) is 4.39 Å². The van der Waals surface area contributed by atoms with Crippen molar-refractivity contribution >= 4 is 0 Å². The molecule has 1 aromatic rings. The highest BCUT2D eigenvalue weighted by atomic mass is 19.1. The lowest BCUT2D eigenvalue weighted by molar-refractivity contribution is 0.446. The van der Waals surface area contributed by atoms with Crippen molar-refractivity contribution < 1.29 is 4.39 Å². The van der Waals surface area contributed by atoms with E-state index >= 15 is 0 Å². The van der Waals surface area contributed by atoms with Crippen LogP contribution in [0.4, 0.5) is 4.39 Å². The van der Waals surface area contributed by atoms with Gasteiger partial charge >= 0.3 is 0 Å². The summed E-state index contributed by atoms with van der Waals surface area (Å²) in [6.45, 7) is 2.03. The zero-order chi connectivity index (χ0) is 9.10. The Balaban J connectivity index is 2.14. The van der Waals surface area contributed by atoms with Gasteiger partial charge in [0.15, 0.2) is 0 Å². The molecule has 13 heavy (non-hydrogen) atoms. The number of nitrogens with one attached hydrogen (secondary N) is 1. The van der Waals surface area contributed by atoms with Crippen molar-refractivity contribution in [2.24, 2.45) is 0 Å². The fraction of sp³-hybridized carbons (Fsp3) is 0.500. The second-order valence-electron chi connectivity index (χ2n) is 3.41. The molecule has 1 aliphatic rings. The van der Waals surface area contributed by atoms with Crippen molar-refractivity contribution in [2.45, 2.75) is 18.8 Å². The summed E-state index contributed by atoms with van der Waals surface area (Å²) in [6, 6.07) is 5.04. The van der Waals surface area contributed by atoms with Gasteiger partial charge in [-0.25, -0.2) is 4.98 Å². The highest BCUT2D eigenvalue weighted by Gasteiger charge is 2.16. The maximum Gasteiger partial charge on any atom is 0.213 e. The molecular weight excluding hydrogens is 167 g/mol. The summed E-state index contributed by atoms with van der Waals surface area (Å²) < 4.78 is 12.8. The molecule has 0 amide bonds. The van der Waals surface area contributed by atoms with E-state index in [0.29, 0.717) is 5.92 Å². The van der Waals surface area contributed by atoms with Crippen LogP contribution in [-0.4, -0.2) is 18.1 Å². The fourth-order valence-corrected chi connectivity index (χ4v) is 1.77. The molecule has 0 radical (unpaired) electrons. The van der Waals surface area contributed by atoms with Gasteiger partial charge < -0.3 is 5.32 Å². The molecule has 0 aromatic carbocycles. The molecule has 2 rings (SSSR count). The summed E-state index contributed by atoms with van der Waals surface area (Å²) in [4.78, 5) is 3.90. The Morgan fingerprint density at radius 2 is 2.08 bits per heavy atom. The molecular formula is C10H13FN2. The number of hydrogen-bond donors (Lipinski definition) is 1.